The molecule has 4 heteroatoms. The van der Waals surface area contributed by atoms with Crippen molar-refractivity contribution in [2.24, 2.45) is 0 Å². The van der Waals surface area contributed by atoms with Crippen molar-refractivity contribution in [2.45, 2.75) is 39.0 Å². The van der Waals surface area contributed by atoms with Crippen LogP contribution in [0.25, 0.3) is 0 Å². The number of likely N-dealkylation sites (tertiary alicyclic amines) is 1. The van der Waals surface area contributed by atoms with E-state index >= 15 is 0 Å². The van der Waals surface area contributed by atoms with E-state index in [2.05, 4.69) is 40.1 Å². The lowest BCUT2D eigenvalue weighted by molar-refractivity contribution is 0.337. The summed E-state index contributed by atoms with van der Waals surface area (Å²) >= 11 is 0. The maximum Gasteiger partial charge on any atom is 0.129 e. The fourth-order valence-electron chi connectivity index (χ4n) is 2.31. The second-order valence-corrected chi connectivity index (χ2v) is 5.31. The molecule has 1 aromatic heterocycles. The molecule has 0 spiro atoms. The lowest BCUT2D eigenvalue weighted by Gasteiger charge is -2.14. The van der Waals surface area contributed by atoms with Gasteiger partial charge in [0.2, 0.25) is 0 Å². The molecule has 0 amide bonds. The zero-order valence-corrected chi connectivity index (χ0v) is 11.5. The number of aromatic nitrogens is 2. The van der Waals surface area contributed by atoms with Gasteiger partial charge in [-0.3, -0.25) is 0 Å². The fraction of sp³-hybridized carbons (Fsp3) is 0.714. The van der Waals surface area contributed by atoms with E-state index in [0.29, 0.717) is 5.92 Å². The second kappa shape index (κ2) is 6.69. The van der Waals surface area contributed by atoms with Crippen molar-refractivity contribution in [1.82, 2.24) is 14.9 Å². The first kappa shape index (κ1) is 13.3. The van der Waals surface area contributed by atoms with Crippen LogP contribution in [-0.2, 0) is 0 Å². The van der Waals surface area contributed by atoms with Crippen LogP contribution in [0.4, 0.5) is 5.82 Å². The van der Waals surface area contributed by atoms with E-state index in [-0.39, 0.29) is 0 Å². The highest BCUT2D eigenvalue weighted by molar-refractivity contribution is 5.35. The third kappa shape index (κ3) is 3.95. The van der Waals surface area contributed by atoms with Gasteiger partial charge in [0.15, 0.2) is 0 Å². The molecule has 1 aromatic rings. The molecule has 100 valence electrons. The molecule has 0 aromatic carbocycles. The van der Waals surface area contributed by atoms with Gasteiger partial charge in [0.25, 0.3) is 0 Å². The summed E-state index contributed by atoms with van der Waals surface area (Å²) in [6.07, 6.45) is 5.58. The number of hydrogen-bond donors (Lipinski definition) is 1. The highest BCUT2D eigenvalue weighted by atomic mass is 15.1. The number of hydrogen-bond acceptors (Lipinski definition) is 4. The molecule has 0 radical (unpaired) electrons. The second-order valence-electron chi connectivity index (χ2n) is 5.31. The molecular formula is C14H24N4. The molecule has 0 unspecified atom stereocenters. The summed E-state index contributed by atoms with van der Waals surface area (Å²) in [5, 5.41) is 3.39. The van der Waals surface area contributed by atoms with Gasteiger partial charge in [-0.25, -0.2) is 9.97 Å². The molecule has 0 bridgehead atoms. The van der Waals surface area contributed by atoms with Crippen molar-refractivity contribution in [3.63, 3.8) is 0 Å². The van der Waals surface area contributed by atoms with E-state index in [1.807, 2.05) is 0 Å². The molecule has 1 aliphatic heterocycles. The molecule has 18 heavy (non-hydrogen) atoms. The molecule has 0 saturated carbocycles. The van der Waals surface area contributed by atoms with Crippen LogP contribution in [0.3, 0.4) is 0 Å². The van der Waals surface area contributed by atoms with E-state index < -0.39 is 0 Å². The van der Waals surface area contributed by atoms with Crippen LogP contribution in [0.1, 0.15) is 44.7 Å². The van der Waals surface area contributed by atoms with Crippen molar-refractivity contribution in [3.8, 4) is 0 Å². The first-order valence-corrected chi connectivity index (χ1v) is 7.04. The summed E-state index contributed by atoms with van der Waals surface area (Å²) in [6.45, 7) is 9.06. The van der Waals surface area contributed by atoms with Gasteiger partial charge in [-0.2, -0.15) is 0 Å². The molecule has 0 aliphatic carbocycles. The first-order chi connectivity index (χ1) is 8.75. The van der Waals surface area contributed by atoms with Gasteiger partial charge in [-0.15, -0.1) is 0 Å². The molecule has 1 fully saturated rings. The van der Waals surface area contributed by atoms with Crippen molar-refractivity contribution in [1.29, 1.82) is 0 Å². The molecule has 1 aliphatic rings. The molecule has 2 heterocycles. The van der Waals surface area contributed by atoms with Crippen LogP contribution in [0, 0.1) is 0 Å². The fourth-order valence-corrected chi connectivity index (χ4v) is 2.31. The minimum Gasteiger partial charge on any atom is -0.370 e. The number of anilines is 1. The zero-order valence-electron chi connectivity index (χ0n) is 11.5. The summed E-state index contributed by atoms with van der Waals surface area (Å²) in [7, 11) is 0. The van der Waals surface area contributed by atoms with Crippen LogP contribution in [0.15, 0.2) is 12.4 Å². The van der Waals surface area contributed by atoms with E-state index in [1.54, 1.807) is 6.33 Å². The van der Waals surface area contributed by atoms with E-state index in [0.717, 1.165) is 18.1 Å². The first-order valence-electron chi connectivity index (χ1n) is 7.04. The van der Waals surface area contributed by atoms with Crippen molar-refractivity contribution in [2.75, 3.05) is 31.5 Å². The average Bonchev–Trinajstić information content (AvgIpc) is 2.88. The number of nitrogens with zero attached hydrogens (tertiary/aromatic N) is 3. The Hall–Kier alpha value is -1.16. The topological polar surface area (TPSA) is 41.0 Å². The predicted molar refractivity (Wildman–Crippen MR) is 74.9 cm³/mol. The maximum absolute atomic E-state index is 4.27. The van der Waals surface area contributed by atoms with Gasteiger partial charge >= 0.3 is 0 Å². The van der Waals surface area contributed by atoms with Crippen LogP contribution < -0.4 is 5.32 Å². The van der Waals surface area contributed by atoms with Crippen LogP contribution in [0.2, 0.25) is 0 Å². The minimum absolute atomic E-state index is 0.457. The Labute approximate surface area is 110 Å². The summed E-state index contributed by atoms with van der Waals surface area (Å²) < 4.78 is 0. The maximum atomic E-state index is 4.27. The molecule has 1 N–H and O–H groups in total. The Morgan fingerprint density at radius 1 is 1.28 bits per heavy atom. The van der Waals surface area contributed by atoms with E-state index in [9.17, 15) is 0 Å². The Morgan fingerprint density at radius 3 is 2.78 bits per heavy atom. The minimum atomic E-state index is 0.457. The lowest BCUT2D eigenvalue weighted by Crippen LogP contribution is -2.22. The Balaban J connectivity index is 1.70. The SMILES string of the molecule is CC(C)c1cc(NCCCN2CCCC2)ncn1. The number of rotatable bonds is 6. The summed E-state index contributed by atoms with van der Waals surface area (Å²) in [5.41, 5.74) is 1.10. The Kier molecular flexibility index (Phi) is 4.93. The molecule has 0 atom stereocenters. The van der Waals surface area contributed by atoms with Crippen LogP contribution in [-0.4, -0.2) is 41.0 Å². The lowest BCUT2D eigenvalue weighted by atomic mass is 10.1. The van der Waals surface area contributed by atoms with Gasteiger partial charge in [0.1, 0.15) is 12.1 Å². The highest BCUT2D eigenvalue weighted by Crippen LogP contribution is 2.13. The standard InChI is InChI=1S/C14H24N4/c1-12(2)13-10-14(17-11-16-13)15-6-5-9-18-7-3-4-8-18/h10-12H,3-9H2,1-2H3,(H,15,16,17). The molecular weight excluding hydrogens is 224 g/mol. The highest BCUT2D eigenvalue weighted by Gasteiger charge is 2.10. The van der Waals surface area contributed by atoms with Crippen LogP contribution in [0.5, 0.6) is 0 Å². The average molecular weight is 248 g/mol. The number of nitrogens with one attached hydrogen (secondary N) is 1. The quantitative estimate of drug-likeness (QED) is 0.785. The summed E-state index contributed by atoms with van der Waals surface area (Å²) in [6, 6.07) is 2.06. The van der Waals surface area contributed by atoms with Crippen molar-refractivity contribution in [3.05, 3.63) is 18.1 Å². The zero-order chi connectivity index (χ0) is 12.8. The molecule has 4 nitrogen and oxygen atoms in total. The van der Waals surface area contributed by atoms with Gasteiger partial charge in [0, 0.05) is 18.3 Å². The third-order valence-electron chi connectivity index (χ3n) is 3.44. The Bertz CT molecular complexity index is 359. The summed E-state index contributed by atoms with van der Waals surface area (Å²) in [5.74, 6) is 1.41. The van der Waals surface area contributed by atoms with E-state index in [4.69, 9.17) is 0 Å². The van der Waals surface area contributed by atoms with Crippen molar-refractivity contribution < 1.29 is 0 Å². The Morgan fingerprint density at radius 2 is 2.06 bits per heavy atom. The van der Waals surface area contributed by atoms with Gasteiger partial charge in [-0.05, 0) is 44.8 Å². The largest absolute Gasteiger partial charge is 0.370 e. The monoisotopic (exact) mass is 248 g/mol. The predicted octanol–water partition coefficient (Wildman–Crippen LogP) is 2.50. The molecule has 2 rings (SSSR count). The third-order valence-corrected chi connectivity index (χ3v) is 3.44. The van der Waals surface area contributed by atoms with Crippen molar-refractivity contribution >= 4 is 5.82 Å². The van der Waals surface area contributed by atoms with Gasteiger partial charge in [-0.1, -0.05) is 13.8 Å². The smallest absolute Gasteiger partial charge is 0.129 e. The normalized spacial score (nSPS) is 16.4. The van der Waals surface area contributed by atoms with Crippen LogP contribution >= 0.6 is 0 Å². The van der Waals surface area contributed by atoms with Gasteiger partial charge in [0.05, 0.1) is 0 Å². The van der Waals surface area contributed by atoms with Gasteiger partial charge < -0.3 is 10.2 Å². The molecule has 1 saturated heterocycles. The van der Waals surface area contributed by atoms with E-state index in [1.165, 1.54) is 38.9 Å². The summed E-state index contributed by atoms with van der Waals surface area (Å²) in [4.78, 5) is 11.1.